The first-order chi connectivity index (χ1) is 8.55. The highest BCUT2D eigenvalue weighted by Gasteiger charge is 2.09. The lowest BCUT2D eigenvalue weighted by Crippen LogP contribution is -2.18. The molecule has 0 bridgehead atoms. The van der Waals surface area contributed by atoms with E-state index in [4.69, 9.17) is 14.6 Å². The van der Waals surface area contributed by atoms with Crippen LogP contribution in [-0.2, 0) is 4.79 Å². The summed E-state index contributed by atoms with van der Waals surface area (Å²) in [6.07, 6.45) is 0.577. The molecule has 0 saturated heterocycles. The summed E-state index contributed by atoms with van der Waals surface area (Å²) >= 11 is 0. The van der Waals surface area contributed by atoms with Gasteiger partial charge >= 0.3 is 5.97 Å². The third-order valence-corrected chi connectivity index (χ3v) is 2.26. The topological polar surface area (TPSA) is 93.6 Å². The van der Waals surface area contributed by atoms with Gasteiger partial charge in [-0.05, 0) is 13.3 Å². The van der Waals surface area contributed by atoms with Crippen LogP contribution in [0.25, 0.3) is 0 Å². The Morgan fingerprint density at radius 1 is 1.39 bits per heavy atom. The minimum atomic E-state index is -0.826. The number of ether oxygens (including phenoxy) is 2. The lowest BCUT2D eigenvalue weighted by molar-refractivity contribution is -0.137. The van der Waals surface area contributed by atoms with Crippen molar-refractivity contribution in [2.24, 2.45) is 0 Å². The van der Waals surface area contributed by atoms with E-state index in [2.05, 4.69) is 15.3 Å². The van der Waals surface area contributed by atoms with E-state index in [1.807, 2.05) is 6.92 Å². The summed E-state index contributed by atoms with van der Waals surface area (Å²) in [5.41, 5.74) is 0. The third-order valence-electron chi connectivity index (χ3n) is 2.26. The molecule has 1 aromatic heterocycles. The lowest BCUT2D eigenvalue weighted by Gasteiger charge is -2.13. The molecule has 0 aliphatic heterocycles. The second kappa shape index (κ2) is 6.63. The normalized spacial score (nSPS) is 11.7. The Kier molecular flexibility index (Phi) is 5.16. The van der Waals surface area contributed by atoms with Crippen LogP contribution >= 0.6 is 0 Å². The molecule has 0 aliphatic rings. The number of nitrogens with zero attached hydrogens (tertiary/aromatic N) is 2. The first-order valence-electron chi connectivity index (χ1n) is 5.50. The maximum atomic E-state index is 10.5. The number of anilines is 1. The first kappa shape index (κ1) is 14.0. The smallest absolute Gasteiger partial charge is 0.303 e. The second-order valence-corrected chi connectivity index (χ2v) is 3.75. The van der Waals surface area contributed by atoms with Crippen LogP contribution in [0.5, 0.6) is 11.8 Å². The first-order valence-corrected chi connectivity index (χ1v) is 5.50. The monoisotopic (exact) mass is 255 g/mol. The molecule has 1 atom stereocenters. The van der Waals surface area contributed by atoms with Crippen molar-refractivity contribution >= 4 is 11.9 Å². The van der Waals surface area contributed by atoms with Crippen LogP contribution in [0.1, 0.15) is 19.8 Å². The van der Waals surface area contributed by atoms with E-state index in [-0.39, 0.29) is 12.5 Å². The van der Waals surface area contributed by atoms with Crippen LogP contribution in [0.4, 0.5) is 5.95 Å². The highest BCUT2D eigenvalue weighted by molar-refractivity contribution is 5.66. The molecule has 1 heterocycles. The Balaban J connectivity index is 2.67. The van der Waals surface area contributed by atoms with Crippen LogP contribution in [0, 0.1) is 0 Å². The summed E-state index contributed by atoms with van der Waals surface area (Å²) in [6, 6.07) is 1.51. The van der Waals surface area contributed by atoms with E-state index in [0.29, 0.717) is 24.1 Å². The summed E-state index contributed by atoms with van der Waals surface area (Å²) in [5, 5.41) is 11.6. The van der Waals surface area contributed by atoms with Crippen molar-refractivity contribution < 1.29 is 19.4 Å². The molecule has 0 amide bonds. The summed E-state index contributed by atoms with van der Waals surface area (Å²) in [4.78, 5) is 18.6. The number of carboxylic acid groups (broad SMARTS) is 1. The Bertz CT molecular complexity index is 389. The molecular formula is C11H17N3O4. The van der Waals surface area contributed by atoms with Crippen molar-refractivity contribution in [3.05, 3.63) is 6.07 Å². The Morgan fingerprint density at radius 3 is 2.39 bits per heavy atom. The molecule has 100 valence electrons. The van der Waals surface area contributed by atoms with E-state index >= 15 is 0 Å². The molecule has 0 radical (unpaired) electrons. The highest BCUT2D eigenvalue weighted by atomic mass is 16.5. The maximum absolute atomic E-state index is 10.5. The number of nitrogens with one attached hydrogen (secondary N) is 1. The molecular weight excluding hydrogens is 238 g/mol. The van der Waals surface area contributed by atoms with E-state index in [9.17, 15) is 4.79 Å². The standard InChI is InChI=1S/C11H17N3O4/c1-7(4-5-10(15)16)12-11-13-8(17-2)6-9(14-11)18-3/h6-7H,4-5H2,1-3H3,(H,15,16)(H,12,13,14). The third kappa shape index (κ3) is 4.44. The predicted octanol–water partition coefficient (Wildman–Crippen LogP) is 1.16. The van der Waals surface area contributed by atoms with Crippen LogP contribution in [-0.4, -0.2) is 41.3 Å². The summed E-state index contributed by atoms with van der Waals surface area (Å²) < 4.78 is 10.0. The van der Waals surface area contributed by atoms with Crippen molar-refractivity contribution in [1.29, 1.82) is 0 Å². The maximum Gasteiger partial charge on any atom is 0.303 e. The molecule has 7 nitrogen and oxygen atoms in total. The number of aromatic nitrogens is 2. The largest absolute Gasteiger partial charge is 0.481 e. The molecule has 18 heavy (non-hydrogen) atoms. The summed E-state index contributed by atoms with van der Waals surface area (Å²) in [5.74, 6) is 0.293. The fourth-order valence-corrected chi connectivity index (χ4v) is 1.31. The molecule has 0 saturated carbocycles. The summed E-state index contributed by atoms with van der Waals surface area (Å²) in [6.45, 7) is 1.86. The van der Waals surface area contributed by atoms with Gasteiger partial charge in [0.2, 0.25) is 17.7 Å². The molecule has 2 N–H and O–H groups in total. The molecule has 1 unspecified atom stereocenters. The van der Waals surface area contributed by atoms with E-state index in [1.165, 1.54) is 14.2 Å². The lowest BCUT2D eigenvalue weighted by atomic mass is 10.2. The van der Waals surface area contributed by atoms with Crippen molar-refractivity contribution in [1.82, 2.24) is 9.97 Å². The number of hydrogen-bond acceptors (Lipinski definition) is 6. The molecule has 0 aliphatic carbocycles. The predicted molar refractivity (Wildman–Crippen MR) is 65.1 cm³/mol. The van der Waals surface area contributed by atoms with Crippen molar-refractivity contribution in [3.63, 3.8) is 0 Å². The van der Waals surface area contributed by atoms with E-state index < -0.39 is 5.97 Å². The number of hydrogen-bond donors (Lipinski definition) is 2. The van der Waals surface area contributed by atoms with Crippen LogP contribution < -0.4 is 14.8 Å². The van der Waals surface area contributed by atoms with Gasteiger partial charge in [0.1, 0.15) is 0 Å². The number of methoxy groups -OCH3 is 2. The van der Waals surface area contributed by atoms with Gasteiger partial charge in [0.25, 0.3) is 0 Å². The van der Waals surface area contributed by atoms with Gasteiger partial charge in [0.05, 0.1) is 20.3 Å². The number of aliphatic carboxylic acids is 1. The van der Waals surface area contributed by atoms with Crippen molar-refractivity contribution in [3.8, 4) is 11.8 Å². The number of carboxylic acids is 1. The van der Waals surface area contributed by atoms with E-state index in [0.717, 1.165) is 0 Å². The van der Waals surface area contributed by atoms with Crippen molar-refractivity contribution in [2.45, 2.75) is 25.8 Å². The average Bonchev–Trinajstić information content (AvgIpc) is 2.35. The molecule has 0 aromatic carbocycles. The van der Waals surface area contributed by atoms with Crippen LogP contribution in [0.2, 0.25) is 0 Å². The van der Waals surface area contributed by atoms with Gasteiger partial charge in [0, 0.05) is 12.5 Å². The molecule has 1 aromatic rings. The minimum Gasteiger partial charge on any atom is -0.481 e. The molecule has 1 rings (SSSR count). The summed E-state index contributed by atoms with van der Waals surface area (Å²) in [7, 11) is 3.00. The van der Waals surface area contributed by atoms with Crippen molar-refractivity contribution in [2.75, 3.05) is 19.5 Å². The second-order valence-electron chi connectivity index (χ2n) is 3.75. The number of rotatable bonds is 7. The van der Waals surface area contributed by atoms with E-state index in [1.54, 1.807) is 6.07 Å². The average molecular weight is 255 g/mol. The fourth-order valence-electron chi connectivity index (χ4n) is 1.31. The van der Waals surface area contributed by atoms with Gasteiger partial charge in [-0.1, -0.05) is 0 Å². The number of carbonyl (C=O) groups is 1. The Hall–Kier alpha value is -2.05. The zero-order valence-electron chi connectivity index (χ0n) is 10.6. The highest BCUT2D eigenvalue weighted by Crippen LogP contribution is 2.18. The minimum absolute atomic E-state index is 0.0575. The molecule has 0 spiro atoms. The van der Waals surface area contributed by atoms with Gasteiger partial charge < -0.3 is 19.9 Å². The van der Waals surface area contributed by atoms with Gasteiger partial charge in [0.15, 0.2) is 0 Å². The van der Waals surface area contributed by atoms with Crippen LogP contribution in [0.15, 0.2) is 6.07 Å². The molecule has 0 fully saturated rings. The van der Waals surface area contributed by atoms with Gasteiger partial charge in [-0.2, -0.15) is 9.97 Å². The zero-order chi connectivity index (χ0) is 13.5. The van der Waals surface area contributed by atoms with Gasteiger partial charge in [-0.3, -0.25) is 4.79 Å². The quantitative estimate of drug-likeness (QED) is 0.755. The Morgan fingerprint density at radius 2 is 1.94 bits per heavy atom. The SMILES string of the molecule is COc1cc(OC)nc(NC(C)CCC(=O)O)n1. The zero-order valence-corrected chi connectivity index (χ0v) is 10.6. The van der Waals surface area contributed by atoms with Gasteiger partial charge in [-0.15, -0.1) is 0 Å². The van der Waals surface area contributed by atoms with Crippen LogP contribution in [0.3, 0.4) is 0 Å². The molecule has 7 heteroatoms. The fraction of sp³-hybridized carbons (Fsp3) is 0.545. The van der Waals surface area contributed by atoms with Gasteiger partial charge in [-0.25, -0.2) is 0 Å². The Labute approximate surface area is 105 Å².